The first-order valence-corrected chi connectivity index (χ1v) is 8.50. The van der Waals surface area contributed by atoms with Crippen LogP contribution >= 0.6 is 0 Å². The van der Waals surface area contributed by atoms with Crippen molar-refractivity contribution in [2.75, 3.05) is 0 Å². The number of rotatable bonds is 5. The van der Waals surface area contributed by atoms with Gasteiger partial charge in [-0.1, -0.05) is 0 Å². The molecule has 0 aliphatic rings. The van der Waals surface area contributed by atoms with Crippen LogP contribution < -0.4 is 10.5 Å². The van der Waals surface area contributed by atoms with Crippen molar-refractivity contribution in [3.05, 3.63) is 59.4 Å². The number of alkyl halides is 3. The second-order valence-electron chi connectivity index (χ2n) is 6.41. The molecule has 0 radical (unpaired) electrons. The van der Waals surface area contributed by atoms with Crippen molar-refractivity contribution in [3.8, 4) is 17.2 Å². The maximum absolute atomic E-state index is 12.7. The predicted octanol–water partition coefficient (Wildman–Crippen LogP) is 3.65. The molecular formula is C20H15F3N2O5. The van der Waals surface area contributed by atoms with Gasteiger partial charge in [-0.2, -0.15) is 13.2 Å². The van der Waals surface area contributed by atoms with Crippen LogP contribution in [0.15, 0.2) is 42.5 Å². The van der Waals surface area contributed by atoms with Gasteiger partial charge in [-0.05, 0) is 49.4 Å². The van der Waals surface area contributed by atoms with Crippen molar-refractivity contribution in [2.24, 2.45) is 5.73 Å². The lowest BCUT2D eigenvalue weighted by Gasteiger charge is -2.13. The van der Waals surface area contributed by atoms with E-state index in [1.54, 1.807) is 0 Å². The van der Waals surface area contributed by atoms with E-state index in [1.807, 2.05) is 0 Å². The number of nitrogens with two attached hydrogens (primary N) is 1. The van der Waals surface area contributed by atoms with Gasteiger partial charge < -0.3 is 20.7 Å². The van der Waals surface area contributed by atoms with Gasteiger partial charge in [-0.15, -0.1) is 0 Å². The average molecular weight is 420 g/mol. The number of Topliss-reactive ketones (excluding diaryl/α,β-unsaturated/α-hetero) is 1. The number of nitrogens with zero attached hydrogens (tertiary/aromatic N) is 1. The molecule has 2 aromatic carbocycles. The molecule has 1 aromatic heterocycles. The number of aromatic hydroxyl groups is 1. The fourth-order valence-electron chi connectivity index (χ4n) is 2.78. The molecule has 1 heterocycles. The number of carboxylic acid groups (broad SMARTS) is 1. The lowest BCUT2D eigenvalue weighted by atomic mass is 10.0. The van der Waals surface area contributed by atoms with Crippen LogP contribution in [0.5, 0.6) is 17.2 Å². The van der Waals surface area contributed by atoms with Gasteiger partial charge in [-0.25, -0.2) is 4.98 Å². The first-order chi connectivity index (χ1) is 14.0. The summed E-state index contributed by atoms with van der Waals surface area (Å²) in [6.07, 6.45) is -4.46. The van der Waals surface area contributed by atoms with Crippen LogP contribution in [0, 0.1) is 6.92 Å². The molecule has 3 aromatic rings. The summed E-state index contributed by atoms with van der Waals surface area (Å²) in [6, 6.07) is 6.58. The molecule has 0 aliphatic heterocycles. The van der Waals surface area contributed by atoms with Crippen molar-refractivity contribution in [1.29, 1.82) is 0 Å². The minimum atomic E-state index is -4.46. The van der Waals surface area contributed by atoms with Gasteiger partial charge in [0.05, 0.1) is 5.56 Å². The highest BCUT2D eigenvalue weighted by Crippen LogP contribution is 2.35. The first kappa shape index (κ1) is 21.1. The Balaban J connectivity index is 1.95. The van der Waals surface area contributed by atoms with E-state index < -0.39 is 41.0 Å². The summed E-state index contributed by atoms with van der Waals surface area (Å²) >= 11 is 0. The lowest BCUT2D eigenvalue weighted by Crippen LogP contribution is -2.39. The third-order valence-electron chi connectivity index (χ3n) is 4.34. The highest BCUT2D eigenvalue weighted by molar-refractivity contribution is 6.13. The van der Waals surface area contributed by atoms with E-state index in [9.17, 15) is 27.9 Å². The molecule has 1 unspecified atom stereocenters. The summed E-state index contributed by atoms with van der Waals surface area (Å²) in [6.45, 7) is 1.53. The fourth-order valence-corrected chi connectivity index (χ4v) is 2.78. The van der Waals surface area contributed by atoms with Gasteiger partial charge in [0.2, 0.25) is 5.78 Å². The third-order valence-corrected chi connectivity index (χ3v) is 4.34. The Morgan fingerprint density at radius 3 is 2.23 bits per heavy atom. The molecular weight excluding hydrogens is 405 g/mol. The molecule has 4 N–H and O–H groups in total. The van der Waals surface area contributed by atoms with Crippen molar-refractivity contribution < 1.29 is 37.7 Å². The second kappa shape index (κ2) is 7.64. The summed E-state index contributed by atoms with van der Waals surface area (Å²) < 4.78 is 43.5. The summed E-state index contributed by atoms with van der Waals surface area (Å²) in [5.74, 6) is -2.71. The predicted molar refractivity (Wildman–Crippen MR) is 99.6 cm³/mol. The zero-order valence-corrected chi connectivity index (χ0v) is 15.4. The Hall–Kier alpha value is -3.66. The number of carbonyl (C=O) groups excluding carboxylic acids is 1. The Labute approximate surface area is 167 Å². The van der Waals surface area contributed by atoms with Crippen LogP contribution in [0.2, 0.25) is 0 Å². The molecule has 0 amide bonds. The molecule has 156 valence electrons. The van der Waals surface area contributed by atoms with Crippen LogP contribution in [-0.2, 0) is 11.0 Å². The van der Waals surface area contributed by atoms with Crippen LogP contribution in [0.3, 0.4) is 0 Å². The number of hydrogen-bond acceptors (Lipinski definition) is 6. The van der Waals surface area contributed by atoms with Crippen LogP contribution in [0.4, 0.5) is 13.2 Å². The molecule has 0 bridgehead atoms. The number of halogens is 3. The van der Waals surface area contributed by atoms with E-state index in [-0.39, 0.29) is 16.9 Å². The fraction of sp³-hybridized carbons (Fsp3) is 0.150. The zero-order chi connectivity index (χ0) is 22.2. The standard InChI is InChI=1S/C20H15F3N2O5/c1-9-14-8-12(30-11-4-2-10(3-5-11)20(21,22)23)6-7-13(14)17(26)16(25-9)18(27)15(24)19(28)29/h2-8,15,26H,24H2,1H3,(H,28,29). The van der Waals surface area contributed by atoms with E-state index in [0.717, 1.165) is 12.1 Å². The highest BCUT2D eigenvalue weighted by atomic mass is 19.4. The number of benzene rings is 2. The smallest absolute Gasteiger partial charge is 0.416 e. The molecule has 3 rings (SSSR count). The number of ether oxygens (including phenoxy) is 1. The molecule has 10 heteroatoms. The van der Waals surface area contributed by atoms with E-state index in [4.69, 9.17) is 15.6 Å². The second-order valence-corrected chi connectivity index (χ2v) is 6.41. The van der Waals surface area contributed by atoms with Gasteiger partial charge >= 0.3 is 12.1 Å². The van der Waals surface area contributed by atoms with Gasteiger partial charge in [0.1, 0.15) is 11.5 Å². The lowest BCUT2D eigenvalue weighted by molar-refractivity contribution is -0.138. The number of pyridine rings is 1. The Bertz CT molecular complexity index is 1140. The molecule has 0 fully saturated rings. The monoisotopic (exact) mass is 420 g/mol. The number of hydrogen-bond donors (Lipinski definition) is 3. The Morgan fingerprint density at radius 1 is 1.07 bits per heavy atom. The number of aromatic nitrogens is 1. The topological polar surface area (TPSA) is 123 Å². The molecule has 0 aliphatic carbocycles. The molecule has 0 saturated carbocycles. The molecule has 30 heavy (non-hydrogen) atoms. The normalized spacial score (nSPS) is 12.6. The number of aryl methyl sites for hydroxylation is 1. The largest absolute Gasteiger partial charge is 0.505 e. The molecule has 0 saturated heterocycles. The summed E-state index contributed by atoms with van der Waals surface area (Å²) in [5.41, 5.74) is 4.33. The van der Waals surface area contributed by atoms with Crippen LogP contribution in [-0.4, -0.2) is 33.0 Å². The van der Waals surface area contributed by atoms with Crippen LogP contribution in [0.25, 0.3) is 10.8 Å². The molecule has 7 nitrogen and oxygen atoms in total. The van der Waals surface area contributed by atoms with E-state index in [2.05, 4.69) is 4.98 Å². The highest BCUT2D eigenvalue weighted by Gasteiger charge is 2.30. The average Bonchev–Trinajstić information content (AvgIpc) is 2.69. The van der Waals surface area contributed by atoms with Crippen LogP contribution in [0.1, 0.15) is 21.7 Å². The van der Waals surface area contributed by atoms with E-state index >= 15 is 0 Å². The van der Waals surface area contributed by atoms with Crippen molar-refractivity contribution in [1.82, 2.24) is 4.98 Å². The van der Waals surface area contributed by atoms with E-state index in [1.165, 1.54) is 37.3 Å². The van der Waals surface area contributed by atoms with Crippen molar-refractivity contribution in [2.45, 2.75) is 19.1 Å². The third kappa shape index (κ3) is 4.03. The van der Waals surface area contributed by atoms with Gasteiger partial charge in [-0.3, -0.25) is 9.59 Å². The number of carbonyl (C=O) groups is 2. The van der Waals surface area contributed by atoms with Crippen molar-refractivity contribution in [3.63, 3.8) is 0 Å². The molecule has 1 atom stereocenters. The number of aliphatic carboxylic acids is 1. The maximum Gasteiger partial charge on any atom is 0.416 e. The quantitative estimate of drug-likeness (QED) is 0.425. The number of fused-ring (bicyclic) bond motifs is 1. The zero-order valence-electron chi connectivity index (χ0n) is 15.4. The summed E-state index contributed by atoms with van der Waals surface area (Å²) in [7, 11) is 0. The Kier molecular flexibility index (Phi) is 5.36. The van der Waals surface area contributed by atoms with Crippen molar-refractivity contribution >= 4 is 22.5 Å². The molecule has 0 spiro atoms. The maximum atomic E-state index is 12.7. The number of carboxylic acids is 1. The number of ketones is 1. The first-order valence-electron chi connectivity index (χ1n) is 8.50. The van der Waals surface area contributed by atoms with E-state index in [0.29, 0.717) is 11.1 Å². The summed E-state index contributed by atoms with van der Waals surface area (Å²) in [4.78, 5) is 27.1. The van der Waals surface area contributed by atoms with Gasteiger partial charge in [0.15, 0.2) is 17.5 Å². The Morgan fingerprint density at radius 2 is 1.67 bits per heavy atom. The minimum Gasteiger partial charge on any atom is -0.505 e. The summed E-state index contributed by atoms with van der Waals surface area (Å²) in [5, 5.41) is 19.9. The minimum absolute atomic E-state index is 0.163. The van der Waals surface area contributed by atoms with Gasteiger partial charge in [0, 0.05) is 16.5 Å². The van der Waals surface area contributed by atoms with Gasteiger partial charge in [0.25, 0.3) is 0 Å². The SMILES string of the molecule is Cc1nc(C(=O)C(N)C(=O)O)c(O)c2ccc(Oc3ccc(C(F)(F)F)cc3)cc12.